The Morgan fingerprint density at radius 1 is 1.26 bits per heavy atom. The van der Waals surface area contributed by atoms with E-state index in [1.807, 2.05) is 13.1 Å². The molecule has 0 aliphatic carbocycles. The molecule has 1 N–H and O–H groups in total. The first-order chi connectivity index (χ1) is 8.97. The largest absolute Gasteiger partial charge is 0.392 e. The van der Waals surface area contributed by atoms with Crippen LogP contribution in [0.3, 0.4) is 0 Å². The third-order valence-corrected chi connectivity index (χ3v) is 4.21. The number of hydrogen-bond acceptors (Lipinski definition) is 5. The van der Waals surface area contributed by atoms with E-state index in [4.69, 9.17) is 0 Å². The lowest BCUT2D eigenvalue weighted by Gasteiger charge is -2.26. The molecule has 0 fully saturated rings. The number of hydrogen-bond donors (Lipinski definition) is 1. The lowest BCUT2D eigenvalue weighted by atomic mass is 10.2. The van der Waals surface area contributed by atoms with E-state index in [1.54, 1.807) is 11.3 Å². The molecule has 0 aliphatic rings. The summed E-state index contributed by atoms with van der Waals surface area (Å²) in [6, 6.07) is 0.425. The minimum atomic E-state index is -0.294. The highest BCUT2D eigenvalue weighted by molar-refractivity contribution is 7.15. The van der Waals surface area contributed by atoms with Gasteiger partial charge in [-0.2, -0.15) is 0 Å². The van der Waals surface area contributed by atoms with E-state index >= 15 is 0 Å². The van der Waals surface area contributed by atoms with Gasteiger partial charge in [-0.25, -0.2) is 4.98 Å². The first kappa shape index (κ1) is 16.4. The van der Waals surface area contributed by atoms with Gasteiger partial charge in [-0.05, 0) is 34.6 Å². The van der Waals surface area contributed by atoms with Crippen LogP contribution in [-0.2, 0) is 6.54 Å². The Bertz CT molecular complexity index is 361. The maximum absolute atomic E-state index is 9.56. The van der Waals surface area contributed by atoms with Crippen molar-refractivity contribution >= 4 is 16.5 Å². The zero-order chi connectivity index (χ0) is 14.4. The van der Waals surface area contributed by atoms with Gasteiger partial charge in [0.25, 0.3) is 0 Å². The lowest BCUT2D eigenvalue weighted by molar-refractivity contribution is 0.103. The van der Waals surface area contributed by atoms with Crippen LogP contribution in [0.5, 0.6) is 0 Å². The minimum Gasteiger partial charge on any atom is -0.392 e. The van der Waals surface area contributed by atoms with Crippen LogP contribution < -0.4 is 4.90 Å². The monoisotopic (exact) mass is 285 g/mol. The van der Waals surface area contributed by atoms with Gasteiger partial charge in [-0.15, -0.1) is 11.3 Å². The van der Waals surface area contributed by atoms with Crippen molar-refractivity contribution in [3.05, 3.63) is 11.1 Å². The Labute approximate surface area is 121 Å². The molecule has 0 saturated heterocycles. The fourth-order valence-electron chi connectivity index (χ4n) is 2.01. The maximum Gasteiger partial charge on any atom is 0.185 e. The number of aliphatic hydroxyl groups is 1. The number of nitrogens with zero attached hydrogens (tertiary/aromatic N) is 3. The van der Waals surface area contributed by atoms with Gasteiger partial charge < -0.3 is 10.0 Å². The van der Waals surface area contributed by atoms with E-state index in [0.717, 1.165) is 24.8 Å². The van der Waals surface area contributed by atoms with Gasteiger partial charge >= 0.3 is 0 Å². The summed E-state index contributed by atoms with van der Waals surface area (Å²) >= 11 is 1.75. The second-order valence-electron chi connectivity index (χ2n) is 5.15. The molecule has 0 amide bonds. The Morgan fingerprint density at radius 2 is 1.89 bits per heavy atom. The number of thiazole rings is 1. The van der Waals surface area contributed by atoms with Gasteiger partial charge in [0, 0.05) is 43.3 Å². The molecule has 1 rings (SSSR count). The average molecular weight is 285 g/mol. The first-order valence-corrected chi connectivity index (χ1v) is 7.91. The summed E-state index contributed by atoms with van der Waals surface area (Å²) < 4.78 is 0. The SMILES string of the molecule is CCN(CC)c1ncc(CN(CC(C)O)C(C)C)s1. The van der Waals surface area contributed by atoms with E-state index in [-0.39, 0.29) is 6.10 Å². The van der Waals surface area contributed by atoms with Crippen LogP contribution in [0.4, 0.5) is 5.13 Å². The predicted molar refractivity (Wildman–Crippen MR) is 82.9 cm³/mol. The van der Waals surface area contributed by atoms with Crippen LogP contribution in [0, 0.1) is 0 Å². The highest BCUT2D eigenvalue weighted by atomic mass is 32.1. The number of aliphatic hydroxyl groups excluding tert-OH is 1. The van der Waals surface area contributed by atoms with Crippen molar-refractivity contribution in [1.29, 1.82) is 0 Å². The van der Waals surface area contributed by atoms with Crippen LogP contribution in [0.15, 0.2) is 6.20 Å². The van der Waals surface area contributed by atoms with Gasteiger partial charge in [0.05, 0.1) is 6.10 Å². The molecular weight excluding hydrogens is 258 g/mol. The normalized spacial score (nSPS) is 13.3. The maximum atomic E-state index is 9.56. The summed E-state index contributed by atoms with van der Waals surface area (Å²) in [6.45, 7) is 14.0. The number of anilines is 1. The van der Waals surface area contributed by atoms with Crippen molar-refractivity contribution in [2.45, 2.75) is 53.3 Å². The third-order valence-electron chi connectivity index (χ3n) is 3.16. The number of rotatable bonds is 8. The molecule has 0 aliphatic heterocycles. The molecule has 1 atom stereocenters. The summed E-state index contributed by atoms with van der Waals surface area (Å²) in [7, 11) is 0. The molecule has 1 heterocycles. The summed E-state index contributed by atoms with van der Waals surface area (Å²) in [5.74, 6) is 0. The molecule has 1 aromatic heterocycles. The van der Waals surface area contributed by atoms with Crippen molar-refractivity contribution in [1.82, 2.24) is 9.88 Å². The predicted octanol–water partition coefficient (Wildman–Crippen LogP) is 2.58. The summed E-state index contributed by atoms with van der Waals surface area (Å²) in [5, 5.41) is 10.7. The summed E-state index contributed by atoms with van der Waals surface area (Å²) in [5.41, 5.74) is 0. The molecule has 0 bridgehead atoms. The zero-order valence-corrected chi connectivity index (χ0v) is 13.6. The second kappa shape index (κ2) is 7.82. The highest BCUT2D eigenvalue weighted by Crippen LogP contribution is 2.24. The van der Waals surface area contributed by atoms with Crippen molar-refractivity contribution in [3.8, 4) is 0 Å². The molecule has 0 aromatic carbocycles. The average Bonchev–Trinajstić information content (AvgIpc) is 2.78. The Morgan fingerprint density at radius 3 is 2.37 bits per heavy atom. The fourth-order valence-corrected chi connectivity index (χ4v) is 3.07. The molecule has 0 saturated carbocycles. The molecule has 4 nitrogen and oxygen atoms in total. The van der Waals surface area contributed by atoms with Crippen LogP contribution in [0.2, 0.25) is 0 Å². The van der Waals surface area contributed by atoms with Crippen LogP contribution >= 0.6 is 11.3 Å². The fraction of sp³-hybridized carbons (Fsp3) is 0.786. The van der Waals surface area contributed by atoms with E-state index in [2.05, 4.69) is 42.5 Å². The summed E-state index contributed by atoms with van der Waals surface area (Å²) in [4.78, 5) is 10.3. The van der Waals surface area contributed by atoms with Gasteiger partial charge in [-0.3, -0.25) is 4.90 Å². The van der Waals surface area contributed by atoms with Crippen molar-refractivity contribution in [2.75, 3.05) is 24.5 Å². The van der Waals surface area contributed by atoms with Crippen molar-refractivity contribution in [2.24, 2.45) is 0 Å². The Kier molecular flexibility index (Phi) is 6.75. The van der Waals surface area contributed by atoms with Gasteiger partial charge in [-0.1, -0.05) is 0 Å². The van der Waals surface area contributed by atoms with Gasteiger partial charge in [0.15, 0.2) is 5.13 Å². The first-order valence-electron chi connectivity index (χ1n) is 7.09. The highest BCUT2D eigenvalue weighted by Gasteiger charge is 2.15. The third kappa shape index (κ3) is 5.09. The quantitative estimate of drug-likeness (QED) is 0.797. The second-order valence-corrected chi connectivity index (χ2v) is 6.25. The van der Waals surface area contributed by atoms with Gasteiger partial charge in [0.2, 0.25) is 0 Å². The van der Waals surface area contributed by atoms with Crippen LogP contribution in [0.1, 0.15) is 39.5 Å². The molecule has 0 radical (unpaired) electrons. The molecule has 1 aromatic rings. The van der Waals surface area contributed by atoms with Crippen molar-refractivity contribution < 1.29 is 5.11 Å². The molecule has 5 heteroatoms. The van der Waals surface area contributed by atoms with E-state index in [1.165, 1.54) is 4.88 Å². The smallest absolute Gasteiger partial charge is 0.185 e. The lowest BCUT2D eigenvalue weighted by Crippen LogP contribution is -2.35. The zero-order valence-electron chi connectivity index (χ0n) is 12.8. The molecule has 110 valence electrons. The topological polar surface area (TPSA) is 39.6 Å². The van der Waals surface area contributed by atoms with Crippen molar-refractivity contribution in [3.63, 3.8) is 0 Å². The Hall–Kier alpha value is -0.650. The Balaban J connectivity index is 2.69. The minimum absolute atomic E-state index is 0.294. The van der Waals surface area contributed by atoms with Crippen LogP contribution in [0.25, 0.3) is 0 Å². The van der Waals surface area contributed by atoms with Crippen LogP contribution in [-0.4, -0.2) is 46.8 Å². The van der Waals surface area contributed by atoms with E-state index < -0.39 is 0 Å². The standard InChI is InChI=1S/C14H27N3OS/c1-6-16(7-2)14-15-8-13(19-14)10-17(11(3)4)9-12(5)18/h8,11-12,18H,6-7,9-10H2,1-5H3. The molecule has 0 spiro atoms. The van der Waals surface area contributed by atoms with E-state index in [9.17, 15) is 5.11 Å². The number of aromatic nitrogens is 1. The molecule has 19 heavy (non-hydrogen) atoms. The van der Waals surface area contributed by atoms with E-state index in [0.29, 0.717) is 12.6 Å². The molecule has 1 unspecified atom stereocenters. The molecular formula is C14H27N3OS. The van der Waals surface area contributed by atoms with Gasteiger partial charge in [0.1, 0.15) is 0 Å². The summed E-state index contributed by atoms with van der Waals surface area (Å²) in [6.07, 6.45) is 1.67.